The van der Waals surface area contributed by atoms with Crippen LogP contribution >= 0.6 is 0 Å². The van der Waals surface area contributed by atoms with Gasteiger partial charge in [-0.2, -0.15) is 0 Å². The summed E-state index contributed by atoms with van der Waals surface area (Å²) in [7, 11) is 0. The Labute approximate surface area is 134 Å². The smallest absolute Gasteiger partial charge is 0.250 e. The Balaban J connectivity index is 1.65. The molecule has 0 aliphatic heterocycles. The van der Waals surface area contributed by atoms with Gasteiger partial charge >= 0.3 is 0 Å². The predicted molar refractivity (Wildman–Crippen MR) is 87.9 cm³/mol. The summed E-state index contributed by atoms with van der Waals surface area (Å²) in [5, 5.41) is 2.64. The van der Waals surface area contributed by atoms with E-state index in [2.05, 4.69) is 12.2 Å². The number of para-hydroxylation sites is 1. The van der Waals surface area contributed by atoms with Crippen LogP contribution in [0.4, 0.5) is 5.69 Å². The lowest BCUT2D eigenvalue weighted by molar-refractivity contribution is -0.111. The summed E-state index contributed by atoms with van der Waals surface area (Å²) in [6.07, 6.45) is 4.14. The fourth-order valence-electron chi connectivity index (χ4n) is 2.52. The quantitative estimate of drug-likeness (QED) is 0.832. The molecule has 1 heterocycles. The Kier molecular flexibility index (Phi) is 4.02. The van der Waals surface area contributed by atoms with Crippen LogP contribution in [0.1, 0.15) is 41.1 Å². The lowest BCUT2D eigenvalue weighted by Crippen LogP contribution is -2.16. The molecule has 0 bridgehead atoms. The van der Waals surface area contributed by atoms with Crippen LogP contribution in [0.5, 0.6) is 0 Å². The third kappa shape index (κ3) is 3.51. The van der Waals surface area contributed by atoms with E-state index in [1.807, 2.05) is 12.1 Å². The highest BCUT2D eigenvalue weighted by Gasteiger charge is 2.36. The van der Waals surface area contributed by atoms with Crippen LogP contribution < -0.4 is 11.1 Å². The lowest BCUT2D eigenvalue weighted by Gasteiger charge is -2.06. The highest BCUT2D eigenvalue weighted by atomic mass is 16.3. The third-order valence-electron chi connectivity index (χ3n) is 3.97. The molecule has 1 aromatic carbocycles. The highest BCUT2D eigenvalue weighted by Crippen LogP contribution is 2.47. The van der Waals surface area contributed by atoms with Gasteiger partial charge in [0.05, 0.1) is 11.3 Å². The van der Waals surface area contributed by atoms with E-state index in [0.717, 1.165) is 12.2 Å². The summed E-state index contributed by atoms with van der Waals surface area (Å²) in [5.41, 5.74) is 5.95. The minimum absolute atomic E-state index is 0.275. The largest absolute Gasteiger partial charge is 0.461 e. The van der Waals surface area contributed by atoms with Gasteiger partial charge in [0.25, 0.3) is 5.91 Å². The van der Waals surface area contributed by atoms with E-state index in [0.29, 0.717) is 23.3 Å². The van der Waals surface area contributed by atoms with Crippen molar-refractivity contribution in [2.45, 2.75) is 19.3 Å². The van der Waals surface area contributed by atoms with Gasteiger partial charge in [-0.3, -0.25) is 9.59 Å². The van der Waals surface area contributed by atoms with E-state index in [1.165, 1.54) is 6.08 Å². The van der Waals surface area contributed by atoms with Gasteiger partial charge in [0.2, 0.25) is 5.91 Å². The van der Waals surface area contributed by atoms with E-state index in [-0.39, 0.29) is 11.5 Å². The molecule has 1 aromatic heterocycles. The zero-order valence-electron chi connectivity index (χ0n) is 12.8. The molecule has 0 saturated heterocycles. The van der Waals surface area contributed by atoms with Crippen LogP contribution in [-0.2, 0) is 4.79 Å². The van der Waals surface area contributed by atoms with Crippen molar-refractivity contribution in [3.8, 4) is 0 Å². The van der Waals surface area contributed by atoms with Crippen LogP contribution in [0, 0.1) is 5.92 Å². The number of benzene rings is 1. The fraction of sp³-hybridized carbons (Fsp3) is 0.222. The zero-order chi connectivity index (χ0) is 16.4. The van der Waals surface area contributed by atoms with Gasteiger partial charge in [0, 0.05) is 12.0 Å². The van der Waals surface area contributed by atoms with E-state index < -0.39 is 5.91 Å². The van der Waals surface area contributed by atoms with Crippen LogP contribution in [0.2, 0.25) is 0 Å². The number of anilines is 1. The molecule has 5 nitrogen and oxygen atoms in total. The van der Waals surface area contributed by atoms with E-state index in [1.54, 1.807) is 30.3 Å². The summed E-state index contributed by atoms with van der Waals surface area (Å²) in [6, 6.07) is 10.4. The molecule has 1 saturated carbocycles. The highest BCUT2D eigenvalue weighted by molar-refractivity contribution is 6.07. The molecule has 23 heavy (non-hydrogen) atoms. The number of nitrogens with two attached hydrogens (primary N) is 1. The average Bonchev–Trinajstić information content (AvgIpc) is 3.07. The zero-order valence-corrected chi connectivity index (χ0v) is 12.8. The lowest BCUT2D eigenvalue weighted by atomic mass is 10.1. The van der Waals surface area contributed by atoms with Crippen molar-refractivity contribution < 1.29 is 14.0 Å². The van der Waals surface area contributed by atoms with Crippen molar-refractivity contribution in [2.75, 3.05) is 5.32 Å². The van der Waals surface area contributed by atoms with Crippen LogP contribution in [0.15, 0.2) is 46.9 Å². The summed E-state index contributed by atoms with van der Waals surface area (Å²) >= 11 is 0. The maximum Gasteiger partial charge on any atom is 0.250 e. The maximum absolute atomic E-state index is 12.0. The molecule has 2 aromatic rings. The standard InChI is InChI=1S/C18H18N2O3/c1-11-10-14(11)16-8-6-12(23-16)7-9-17(21)20-15-5-3-2-4-13(15)18(19)22/h2-9,11,14H,10H2,1H3,(H2,19,22)(H,20,21)/b9-7+. The first-order valence-electron chi connectivity index (χ1n) is 7.52. The van der Waals surface area contributed by atoms with Gasteiger partial charge in [-0.1, -0.05) is 19.1 Å². The Bertz CT molecular complexity index is 776. The first-order valence-corrected chi connectivity index (χ1v) is 7.52. The summed E-state index contributed by atoms with van der Waals surface area (Å²) < 4.78 is 5.70. The van der Waals surface area contributed by atoms with E-state index >= 15 is 0 Å². The van der Waals surface area contributed by atoms with Crippen molar-refractivity contribution in [1.82, 2.24) is 0 Å². The van der Waals surface area contributed by atoms with Crippen LogP contribution in [-0.4, -0.2) is 11.8 Å². The maximum atomic E-state index is 12.0. The Morgan fingerprint density at radius 1 is 1.26 bits per heavy atom. The van der Waals surface area contributed by atoms with E-state index in [9.17, 15) is 9.59 Å². The molecule has 5 heteroatoms. The molecule has 2 unspecified atom stereocenters. The van der Waals surface area contributed by atoms with Crippen molar-refractivity contribution in [1.29, 1.82) is 0 Å². The number of nitrogens with one attached hydrogen (secondary N) is 1. The second kappa shape index (κ2) is 6.12. The molecule has 1 fully saturated rings. The topological polar surface area (TPSA) is 85.3 Å². The summed E-state index contributed by atoms with van der Waals surface area (Å²) in [4.78, 5) is 23.3. The predicted octanol–water partition coefficient (Wildman–Crippen LogP) is 3.15. The minimum Gasteiger partial charge on any atom is -0.461 e. The second-order valence-electron chi connectivity index (χ2n) is 5.79. The summed E-state index contributed by atoms with van der Waals surface area (Å²) in [6.45, 7) is 2.19. The van der Waals surface area contributed by atoms with Gasteiger partial charge in [-0.25, -0.2) is 0 Å². The molecule has 0 spiro atoms. The Hall–Kier alpha value is -2.82. The Morgan fingerprint density at radius 3 is 2.70 bits per heavy atom. The molecule has 1 aliphatic rings. The molecular formula is C18H18N2O3. The molecule has 0 radical (unpaired) electrons. The molecule has 3 N–H and O–H groups in total. The number of rotatable bonds is 5. The van der Waals surface area contributed by atoms with Crippen LogP contribution in [0.25, 0.3) is 6.08 Å². The number of amides is 2. The van der Waals surface area contributed by atoms with Gasteiger partial charge < -0.3 is 15.5 Å². The van der Waals surface area contributed by atoms with Gasteiger partial charge in [-0.15, -0.1) is 0 Å². The fourth-order valence-corrected chi connectivity index (χ4v) is 2.52. The Morgan fingerprint density at radius 2 is 2.00 bits per heavy atom. The molecule has 3 rings (SSSR count). The molecule has 2 atom stereocenters. The van der Waals surface area contributed by atoms with Crippen molar-refractivity contribution in [2.24, 2.45) is 11.7 Å². The van der Waals surface area contributed by atoms with Crippen molar-refractivity contribution in [3.05, 3.63) is 59.6 Å². The van der Waals surface area contributed by atoms with E-state index in [4.69, 9.17) is 10.2 Å². The number of hydrogen-bond acceptors (Lipinski definition) is 3. The monoisotopic (exact) mass is 310 g/mol. The molecule has 118 valence electrons. The molecule has 1 aliphatic carbocycles. The number of carbonyl (C=O) groups is 2. The molecule has 2 amide bonds. The third-order valence-corrected chi connectivity index (χ3v) is 3.97. The number of carbonyl (C=O) groups excluding carboxylic acids is 2. The minimum atomic E-state index is -0.584. The number of primary amides is 1. The second-order valence-corrected chi connectivity index (χ2v) is 5.79. The summed E-state index contributed by atoms with van der Waals surface area (Å²) in [5.74, 6) is 1.85. The van der Waals surface area contributed by atoms with Gasteiger partial charge in [0.1, 0.15) is 11.5 Å². The van der Waals surface area contributed by atoms with Gasteiger partial charge in [0.15, 0.2) is 0 Å². The molecular weight excluding hydrogens is 292 g/mol. The van der Waals surface area contributed by atoms with Crippen molar-refractivity contribution >= 4 is 23.6 Å². The number of furan rings is 1. The van der Waals surface area contributed by atoms with Crippen molar-refractivity contribution in [3.63, 3.8) is 0 Å². The first-order chi connectivity index (χ1) is 11.0. The number of hydrogen-bond donors (Lipinski definition) is 2. The average molecular weight is 310 g/mol. The normalized spacial score (nSPS) is 19.7. The van der Waals surface area contributed by atoms with Gasteiger partial charge in [-0.05, 0) is 42.7 Å². The van der Waals surface area contributed by atoms with Crippen LogP contribution in [0.3, 0.4) is 0 Å². The first kappa shape index (κ1) is 15.1. The SMILES string of the molecule is CC1CC1c1ccc(/C=C/C(=O)Nc2ccccc2C(N)=O)o1.